The summed E-state index contributed by atoms with van der Waals surface area (Å²) in [5.41, 5.74) is 0. The largest absolute Gasteiger partial charge is 0.481 e. The van der Waals surface area contributed by atoms with Crippen LogP contribution in [0.1, 0.15) is 46.0 Å². The van der Waals surface area contributed by atoms with Crippen molar-refractivity contribution in [3.8, 4) is 0 Å². The van der Waals surface area contributed by atoms with E-state index < -0.39 is 5.97 Å². The predicted molar refractivity (Wildman–Crippen MR) is 67.0 cm³/mol. The van der Waals surface area contributed by atoms with Gasteiger partial charge in [-0.15, -0.1) is 0 Å². The lowest BCUT2D eigenvalue weighted by Gasteiger charge is -2.08. The van der Waals surface area contributed by atoms with Crippen LogP contribution in [0, 0.1) is 5.92 Å². The number of nitrogens with one attached hydrogen (secondary N) is 2. The monoisotopic (exact) mass is 244 g/mol. The fraction of sp³-hybridized carbons (Fsp3) is 0.833. The summed E-state index contributed by atoms with van der Waals surface area (Å²) in [6.07, 6.45) is 4.54. The molecule has 1 unspecified atom stereocenters. The zero-order chi connectivity index (χ0) is 13.1. The molecular formula is C12H24N2O3. The van der Waals surface area contributed by atoms with Gasteiger partial charge in [0.2, 0.25) is 0 Å². The van der Waals surface area contributed by atoms with E-state index >= 15 is 0 Å². The van der Waals surface area contributed by atoms with Gasteiger partial charge in [0.15, 0.2) is 0 Å². The number of unbranched alkanes of at least 4 members (excludes halogenated alkanes) is 2. The molecule has 0 aromatic carbocycles. The van der Waals surface area contributed by atoms with E-state index in [4.69, 9.17) is 5.11 Å². The number of urea groups is 1. The first-order valence-electron chi connectivity index (χ1n) is 6.32. The zero-order valence-electron chi connectivity index (χ0n) is 10.8. The van der Waals surface area contributed by atoms with Gasteiger partial charge in [0.05, 0.1) is 5.92 Å². The van der Waals surface area contributed by atoms with Gasteiger partial charge in [-0.05, 0) is 19.3 Å². The molecular weight excluding hydrogens is 220 g/mol. The molecule has 5 heteroatoms. The highest BCUT2D eigenvalue weighted by molar-refractivity contribution is 5.73. The molecule has 0 aromatic heterocycles. The van der Waals surface area contributed by atoms with E-state index in [9.17, 15) is 9.59 Å². The third kappa shape index (κ3) is 9.66. The van der Waals surface area contributed by atoms with Gasteiger partial charge in [-0.2, -0.15) is 0 Å². The maximum absolute atomic E-state index is 11.2. The van der Waals surface area contributed by atoms with Crippen molar-refractivity contribution in [3.05, 3.63) is 0 Å². The molecule has 1 atom stereocenters. The van der Waals surface area contributed by atoms with Crippen LogP contribution in [-0.4, -0.2) is 30.2 Å². The lowest BCUT2D eigenvalue weighted by molar-refractivity contribution is -0.141. The number of carboxylic acids is 1. The van der Waals surface area contributed by atoms with Crippen molar-refractivity contribution in [2.24, 2.45) is 5.92 Å². The van der Waals surface area contributed by atoms with Crippen molar-refractivity contribution in [3.63, 3.8) is 0 Å². The summed E-state index contributed by atoms with van der Waals surface area (Å²) >= 11 is 0. The normalized spacial score (nSPS) is 11.9. The Balaban J connectivity index is 3.36. The van der Waals surface area contributed by atoms with Gasteiger partial charge in [0.25, 0.3) is 0 Å². The van der Waals surface area contributed by atoms with Gasteiger partial charge in [-0.1, -0.05) is 26.7 Å². The Morgan fingerprint density at radius 1 is 1.12 bits per heavy atom. The van der Waals surface area contributed by atoms with E-state index in [1.807, 2.05) is 0 Å². The molecule has 3 N–H and O–H groups in total. The van der Waals surface area contributed by atoms with Crippen molar-refractivity contribution in [1.82, 2.24) is 10.6 Å². The smallest absolute Gasteiger partial charge is 0.314 e. The van der Waals surface area contributed by atoms with Crippen LogP contribution in [0.4, 0.5) is 4.79 Å². The van der Waals surface area contributed by atoms with Crippen molar-refractivity contribution < 1.29 is 14.7 Å². The van der Waals surface area contributed by atoms with Crippen LogP contribution in [0.15, 0.2) is 0 Å². The molecule has 0 saturated carbocycles. The van der Waals surface area contributed by atoms with Gasteiger partial charge in [0, 0.05) is 13.1 Å². The van der Waals surface area contributed by atoms with E-state index in [1.54, 1.807) is 6.92 Å². The first-order valence-corrected chi connectivity index (χ1v) is 6.32. The molecule has 0 saturated heterocycles. The summed E-state index contributed by atoms with van der Waals surface area (Å²) in [7, 11) is 0. The van der Waals surface area contributed by atoms with Crippen LogP contribution in [0.3, 0.4) is 0 Å². The Morgan fingerprint density at radius 2 is 1.71 bits per heavy atom. The molecule has 0 fully saturated rings. The second-order valence-electron chi connectivity index (χ2n) is 4.27. The standard InChI is InChI=1S/C12H24N2O3/c1-3-4-5-8-13-12(17)14-9-6-7-10(2)11(15)16/h10H,3-9H2,1-2H3,(H,15,16)(H2,13,14,17). The number of rotatable bonds is 9. The average Bonchev–Trinajstić information content (AvgIpc) is 2.29. The molecule has 2 amide bonds. The lowest BCUT2D eigenvalue weighted by Crippen LogP contribution is -2.36. The highest BCUT2D eigenvalue weighted by Crippen LogP contribution is 2.03. The van der Waals surface area contributed by atoms with Crippen LogP contribution in [0.5, 0.6) is 0 Å². The molecule has 0 aliphatic rings. The van der Waals surface area contributed by atoms with Gasteiger partial charge in [0.1, 0.15) is 0 Å². The highest BCUT2D eigenvalue weighted by Gasteiger charge is 2.09. The molecule has 17 heavy (non-hydrogen) atoms. The molecule has 0 heterocycles. The fourth-order valence-corrected chi connectivity index (χ4v) is 1.37. The summed E-state index contributed by atoms with van der Waals surface area (Å²) in [6, 6.07) is -0.163. The topological polar surface area (TPSA) is 78.4 Å². The third-order valence-electron chi connectivity index (χ3n) is 2.59. The van der Waals surface area contributed by atoms with E-state index in [1.165, 1.54) is 0 Å². The number of carboxylic acid groups (broad SMARTS) is 1. The summed E-state index contributed by atoms with van der Waals surface area (Å²) < 4.78 is 0. The molecule has 0 bridgehead atoms. The summed E-state index contributed by atoms with van der Waals surface area (Å²) in [5, 5.41) is 14.1. The highest BCUT2D eigenvalue weighted by atomic mass is 16.4. The summed E-state index contributed by atoms with van der Waals surface area (Å²) in [5.74, 6) is -1.13. The molecule has 0 aliphatic carbocycles. The van der Waals surface area contributed by atoms with E-state index in [-0.39, 0.29) is 11.9 Å². The van der Waals surface area contributed by atoms with Crippen LogP contribution >= 0.6 is 0 Å². The Hall–Kier alpha value is -1.26. The van der Waals surface area contributed by atoms with E-state index in [0.717, 1.165) is 19.3 Å². The van der Waals surface area contributed by atoms with Crippen molar-refractivity contribution in [1.29, 1.82) is 0 Å². The first kappa shape index (κ1) is 15.7. The minimum absolute atomic E-state index is 0.163. The number of carbonyl (C=O) groups excluding carboxylic acids is 1. The molecule has 0 aromatic rings. The number of carbonyl (C=O) groups is 2. The number of aliphatic carboxylic acids is 1. The van der Waals surface area contributed by atoms with Crippen LogP contribution in [-0.2, 0) is 4.79 Å². The quantitative estimate of drug-likeness (QED) is 0.543. The third-order valence-corrected chi connectivity index (χ3v) is 2.59. The molecule has 100 valence electrons. The second-order valence-corrected chi connectivity index (χ2v) is 4.27. The number of hydrogen-bond acceptors (Lipinski definition) is 2. The fourth-order valence-electron chi connectivity index (χ4n) is 1.37. The summed E-state index contributed by atoms with van der Waals surface area (Å²) in [4.78, 5) is 21.8. The van der Waals surface area contributed by atoms with Crippen molar-refractivity contribution >= 4 is 12.0 Å². The van der Waals surface area contributed by atoms with E-state index in [2.05, 4.69) is 17.6 Å². The predicted octanol–water partition coefficient (Wildman–Crippen LogP) is 1.98. The first-order chi connectivity index (χ1) is 8.07. The molecule has 0 spiro atoms. The van der Waals surface area contributed by atoms with Gasteiger partial charge < -0.3 is 15.7 Å². The van der Waals surface area contributed by atoms with Gasteiger partial charge >= 0.3 is 12.0 Å². The Labute approximate surface area is 103 Å². The number of hydrogen-bond donors (Lipinski definition) is 3. The average molecular weight is 244 g/mol. The second kappa shape index (κ2) is 9.93. The minimum Gasteiger partial charge on any atom is -0.481 e. The minimum atomic E-state index is -0.783. The van der Waals surface area contributed by atoms with Crippen LogP contribution in [0.25, 0.3) is 0 Å². The maximum atomic E-state index is 11.2. The van der Waals surface area contributed by atoms with Crippen LogP contribution in [0.2, 0.25) is 0 Å². The Kier molecular flexibility index (Phi) is 9.19. The van der Waals surface area contributed by atoms with Crippen molar-refractivity contribution in [2.45, 2.75) is 46.0 Å². The van der Waals surface area contributed by atoms with Crippen molar-refractivity contribution in [2.75, 3.05) is 13.1 Å². The lowest BCUT2D eigenvalue weighted by atomic mass is 10.1. The molecule has 5 nitrogen and oxygen atoms in total. The Morgan fingerprint density at radius 3 is 2.24 bits per heavy atom. The van der Waals surface area contributed by atoms with E-state index in [0.29, 0.717) is 25.9 Å². The zero-order valence-corrected chi connectivity index (χ0v) is 10.8. The maximum Gasteiger partial charge on any atom is 0.314 e. The van der Waals surface area contributed by atoms with Crippen LogP contribution < -0.4 is 10.6 Å². The van der Waals surface area contributed by atoms with Gasteiger partial charge in [-0.3, -0.25) is 4.79 Å². The Bertz CT molecular complexity index is 232. The number of amides is 2. The van der Waals surface area contributed by atoms with Gasteiger partial charge in [-0.25, -0.2) is 4.79 Å². The molecule has 0 radical (unpaired) electrons. The molecule has 0 rings (SSSR count). The SMILES string of the molecule is CCCCCNC(=O)NCCCC(C)C(=O)O. The summed E-state index contributed by atoms with van der Waals surface area (Å²) in [6.45, 7) is 5.01. The molecule has 0 aliphatic heterocycles.